The highest BCUT2D eigenvalue weighted by atomic mass is 14.8. The van der Waals surface area contributed by atoms with Crippen molar-refractivity contribution in [2.45, 2.75) is 26.9 Å². The first kappa shape index (κ1) is 17.8. The van der Waals surface area contributed by atoms with Crippen molar-refractivity contribution >= 4 is 5.69 Å². The van der Waals surface area contributed by atoms with Crippen LogP contribution in [-0.2, 0) is 13.1 Å². The molecule has 0 unspecified atom stereocenters. The number of hydrogen-bond acceptors (Lipinski definition) is 2. The molecule has 3 rings (SSSR count). The van der Waals surface area contributed by atoms with E-state index in [0.29, 0.717) is 0 Å². The van der Waals surface area contributed by atoms with Gasteiger partial charge < -0.3 is 11.1 Å². The minimum atomic E-state index is 0.884. The zero-order valence-electron chi connectivity index (χ0n) is 14.5. The maximum atomic E-state index is 5.62. The van der Waals surface area contributed by atoms with Gasteiger partial charge in [0.2, 0.25) is 0 Å². The van der Waals surface area contributed by atoms with E-state index < -0.39 is 0 Å². The molecule has 0 fully saturated rings. The van der Waals surface area contributed by atoms with Gasteiger partial charge in [0.25, 0.3) is 0 Å². The van der Waals surface area contributed by atoms with Crippen molar-refractivity contribution in [3.8, 4) is 0 Å². The fraction of sp³-hybridized carbons (Fsp3) is 0.182. The number of aryl methyl sites for hydroxylation is 1. The maximum Gasteiger partial charge on any atom is 0.0346 e. The van der Waals surface area contributed by atoms with Crippen molar-refractivity contribution in [2.75, 3.05) is 5.73 Å². The minimum Gasteiger partial charge on any atom is -0.399 e. The molecule has 0 amide bonds. The molecule has 0 atom stereocenters. The van der Waals surface area contributed by atoms with Crippen LogP contribution in [0, 0.1) is 13.8 Å². The van der Waals surface area contributed by atoms with Crippen molar-refractivity contribution in [1.29, 1.82) is 0 Å². The van der Waals surface area contributed by atoms with E-state index in [1.165, 1.54) is 22.3 Å². The molecule has 0 aliphatic rings. The van der Waals surface area contributed by atoms with Crippen LogP contribution in [0.3, 0.4) is 0 Å². The largest absolute Gasteiger partial charge is 0.399 e. The maximum absolute atomic E-state index is 5.62. The van der Waals surface area contributed by atoms with E-state index in [0.717, 1.165) is 18.8 Å². The van der Waals surface area contributed by atoms with Gasteiger partial charge in [-0.15, -0.1) is 0 Å². The fourth-order valence-corrected chi connectivity index (χ4v) is 2.32. The van der Waals surface area contributed by atoms with Crippen molar-refractivity contribution in [1.82, 2.24) is 5.32 Å². The molecule has 0 heterocycles. The molecule has 0 radical (unpaired) electrons. The van der Waals surface area contributed by atoms with Gasteiger partial charge in [0.15, 0.2) is 0 Å². The lowest BCUT2D eigenvalue weighted by molar-refractivity contribution is 0.693. The van der Waals surface area contributed by atoms with Gasteiger partial charge in [-0.2, -0.15) is 0 Å². The van der Waals surface area contributed by atoms with E-state index >= 15 is 0 Å². The van der Waals surface area contributed by atoms with Gasteiger partial charge in [0.1, 0.15) is 0 Å². The third kappa shape index (κ3) is 5.90. The van der Waals surface area contributed by atoms with E-state index in [1.807, 2.05) is 31.2 Å². The number of nitrogens with two attached hydrogens (primary N) is 1. The van der Waals surface area contributed by atoms with Crippen molar-refractivity contribution < 1.29 is 0 Å². The molecule has 3 aromatic carbocycles. The number of hydrogen-bond donors (Lipinski definition) is 2. The van der Waals surface area contributed by atoms with Crippen molar-refractivity contribution in [3.05, 3.63) is 101 Å². The smallest absolute Gasteiger partial charge is 0.0346 e. The summed E-state index contributed by atoms with van der Waals surface area (Å²) < 4.78 is 0. The molecule has 0 aromatic heterocycles. The topological polar surface area (TPSA) is 38.0 Å². The predicted molar refractivity (Wildman–Crippen MR) is 104 cm³/mol. The second-order valence-electron chi connectivity index (χ2n) is 5.86. The number of anilines is 1. The highest BCUT2D eigenvalue weighted by Gasteiger charge is 1.93. The van der Waals surface area contributed by atoms with E-state index in [-0.39, 0.29) is 0 Å². The van der Waals surface area contributed by atoms with Crippen LogP contribution in [0.25, 0.3) is 0 Å². The van der Waals surface area contributed by atoms with Gasteiger partial charge in [0, 0.05) is 18.8 Å². The molecule has 3 aromatic rings. The molecule has 0 spiro atoms. The summed E-state index contributed by atoms with van der Waals surface area (Å²) in [7, 11) is 0. The van der Waals surface area contributed by atoms with Gasteiger partial charge in [0.05, 0.1) is 0 Å². The molecule has 24 heavy (non-hydrogen) atoms. The lowest BCUT2D eigenvalue weighted by atomic mass is 10.1. The summed E-state index contributed by atoms with van der Waals surface area (Å²) in [6, 6.07) is 26.9. The first-order valence-electron chi connectivity index (χ1n) is 8.27. The summed E-state index contributed by atoms with van der Waals surface area (Å²) in [4.78, 5) is 0. The van der Waals surface area contributed by atoms with Crippen LogP contribution < -0.4 is 11.1 Å². The lowest BCUT2D eigenvalue weighted by Gasteiger charge is -2.04. The summed E-state index contributed by atoms with van der Waals surface area (Å²) in [6.45, 7) is 5.95. The Hall–Kier alpha value is -2.58. The molecule has 124 valence electrons. The highest BCUT2D eigenvalue weighted by Crippen LogP contribution is 2.13. The SMILES string of the molecule is Cc1cccc(N)c1C.c1ccc(CNCc2ccccc2)cc1. The van der Waals surface area contributed by atoms with Crippen LogP contribution in [-0.4, -0.2) is 0 Å². The zero-order valence-corrected chi connectivity index (χ0v) is 14.5. The Bertz CT molecular complexity index is 662. The molecule has 0 aliphatic heterocycles. The Morgan fingerprint density at radius 2 is 1.17 bits per heavy atom. The van der Waals surface area contributed by atoms with Crippen molar-refractivity contribution in [2.24, 2.45) is 0 Å². The average Bonchev–Trinajstić information content (AvgIpc) is 2.62. The third-order valence-electron chi connectivity index (χ3n) is 3.99. The minimum absolute atomic E-state index is 0.884. The second-order valence-corrected chi connectivity index (χ2v) is 5.86. The quantitative estimate of drug-likeness (QED) is 0.674. The third-order valence-corrected chi connectivity index (χ3v) is 3.99. The van der Waals surface area contributed by atoms with Gasteiger partial charge >= 0.3 is 0 Å². The molecule has 2 heteroatoms. The number of nitrogen functional groups attached to an aromatic ring is 1. The summed E-state index contributed by atoms with van der Waals surface area (Å²) >= 11 is 0. The molecule has 0 aliphatic carbocycles. The molecular formula is C22H26N2. The summed E-state index contributed by atoms with van der Waals surface area (Å²) in [5.41, 5.74) is 11.6. The first-order chi connectivity index (χ1) is 11.7. The number of benzene rings is 3. The second kappa shape index (κ2) is 9.53. The van der Waals surface area contributed by atoms with Crippen LogP contribution in [0.1, 0.15) is 22.3 Å². The van der Waals surface area contributed by atoms with E-state index in [9.17, 15) is 0 Å². The van der Waals surface area contributed by atoms with Crippen molar-refractivity contribution in [3.63, 3.8) is 0 Å². The van der Waals surface area contributed by atoms with Gasteiger partial charge in [-0.3, -0.25) is 0 Å². The Balaban J connectivity index is 0.000000198. The molecule has 3 N–H and O–H groups in total. The standard InChI is InChI=1S/C14H15N.C8H11N/c1-3-7-13(8-4-1)11-15-12-14-9-5-2-6-10-14;1-6-4-3-5-8(9)7(6)2/h1-10,15H,11-12H2;3-5H,9H2,1-2H3. The summed E-state index contributed by atoms with van der Waals surface area (Å²) in [5.74, 6) is 0. The lowest BCUT2D eigenvalue weighted by Crippen LogP contribution is -2.12. The molecule has 0 saturated carbocycles. The predicted octanol–water partition coefficient (Wildman–Crippen LogP) is 4.86. The summed E-state index contributed by atoms with van der Waals surface area (Å²) in [5, 5.41) is 3.42. The molecule has 2 nitrogen and oxygen atoms in total. The van der Waals surface area contributed by atoms with Crippen LogP contribution in [0.2, 0.25) is 0 Å². The molecule has 0 saturated heterocycles. The zero-order chi connectivity index (χ0) is 17.2. The monoisotopic (exact) mass is 318 g/mol. The Kier molecular flexibility index (Phi) is 7.06. The average molecular weight is 318 g/mol. The fourth-order valence-electron chi connectivity index (χ4n) is 2.32. The normalized spacial score (nSPS) is 9.92. The number of rotatable bonds is 4. The van der Waals surface area contributed by atoms with E-state index in [2.05, 4.69) is 66.8 Å². The van der Waals surface area contributed by atoms with Gasteiger partial charge in [-0.1, -0.05) is 72.8 Å². The summed E-state index contributed by atoms with van der Waals surface area (Å²) in [6.07, 6.45) is 0. The van der Waals surface area contributed by atoms with Gasteiger partial charge in [-0.25, -0.2) is 0 Å². The van der Waals surface area contributed by atoms with E-state index in [4.69, 9.17) is 5.73 Å². The Morgan fingerprint density at radius 3 is 1.58 bits per heavy atom. The van der Waals surface area contributed by atoms with Crippen LogP contribution in [0.4, 0.5) is 5.69 Å². The van der Waals surface area contributed by atoms with Crippen LogP contribution >= 0.6 is 0 Å². The Labute approximate surface area is 145 Å². The molecule has 0 bridgehead atoms. The van der Waals surface area contributed by atoms with Crippen LogP contribution in [0.15, 0.2) is 78.9 Å². The number of nitrogens with one attached hydrogen (secondary N) is 1. The Morgan fingerprint density at radius 1 is 0.667 bits per heavy atom. The molecular weight excluding hydrogens is 292 g/mol. The van der Waals surface area contributed by atoms with E-state index in [1.54, 1.807) is 0 Å². The van der Waals surface area contributed by atoms with Crippen LogP contribution in [0.5, 0.6) is 0 Å². The highest BCUT2D eigenvalue weighted by molar-refractivity contribution is 5.49. The van der Waals surface area contributed by atoms with Gasteiger partial charge in [-0.05, 0) is 42.2 Å². The first-order valence-corrected chi connectivity index (χ1v) is 8.27.